The lowest BCUT2D eigenvalue weighted by Crippen LogP contribution is -2.12. The van der Waals surface area contributed by atoms with Crippen molar-refractivity contribution in [3.05, 3.63) is 72.3 Å². The van der Waals surface area contributed by atoms with Crippen LogP contribution in [-0.4, -0.2) is 37.3 Å². The normalized spacial score (nSPS) is 12.3. The van der Waals surface area contributed by atoms with Gasteiger partial charge in [-0.25, -0.2) is 4.79 Å². The molecule has 4 rings (SSSR count). The summed E-state index contributed by atoms with van der Waals surface area (Å²) >= 11 is 0. The van der Waals surface area contributed by atoms with Crippen LogP contribution in [0.5, 0.6) is 11.5 Å². The molecule has 0 amide bonds. The summed E-state index contributed by atoms with van der Waals surface area (Å²) in [5.41, 5.74) is 7.24. The van der Waals surface area contributed by atoms with Gasteiger partial charge in [0.2, 0.25) is 0 Å². The number of benzene rings is 3. The van der Waals surface area contributed by atoms with E-state index in [9.17, 15) is 15.0 Å². The summed E-state index contributed by atoms with van der Waals surface area (Å²) in [6, 6.07) is 15.5. The molecule has 1 unspecified atom stereocenters. The van der Waals surface area contributed by atoms with Crippen LogP contribution in [0.4, 0.5) is 0 Å². The molecule has 1 heterocycles. The molecule has 1 atom stereocenters. The number of aromatic nitrogens is 3. The minimum absolute atomic E-state index is 0.141. The molecule has 7 nitrogen and oxygen atoms in total. The van der Waals surface area contributed by atoms with Crippen LogP contribution >= 0.6 is 0 Å². The van der Waals surface area contributed by atoms with Crippen LogP contribution in [0.25, 0.3) is 33.3 Å². The second kappa shape index (κ2) is 13.0. The van der Waals surface area contributed by atoms with Gasteiger partial charge in [0.15, 0.2) is 0 Å². The first kappa shape index (κ1) is 29.8. The number of carbonyl (C=O) groups excluding carboxylic acids is 1. The Morgan fingerprint density at radius 3 is 1.80 bits per heavy atom. The zero-order valence-corrected chi connectivity index (χ0v) is 24.7. The Morgan fingerprint density at radius 1 is 0.829 bits per heavy atom. The predicted molar refractivity (Wildman–Crippen MR) is 164 cm³/mol. The van der Waals surface area contributed by atoms with Crippen LogP contribution in [-0.2, 0) is 16.1 Å². The Labute approximate surface area is 242 Å². The second-order valence-corrected chi connectivity index (χ2v) is 11.3. The number of unbranched alkanes of at least 4 members (excludes halogenated alkanes) is 2. The lowest BCUT2D eigenvalue weighted by atomic mass is 9.92. The van der Waals surface area contributed by atoms with Crippen LogP contribution in [0.15, 0.2) is 61.2 Å². The lowest BCUT2D eigenvalue weighted by Gasteiger charge is -2.13. The minimum Gasteiger partial charge on any atom is -0.508 e. The minimum atomic E-state index is -0.389. The Bertz CT molecular complexity index is 1440. The van der Waals surface area contributed by atoms with E-state index in [4.69, 9.17) is 14.9 Å². The van der Waals surface area contributed by atoms with E-state index >= 15 is 0 Å². The van der Waals surface area contributed by atoms with Gasteiger partial charge in [0.25, 0.3) is 0 Å². The molecule has 0 spiro atoms. The number of nitrogens with zero attached hydrogens (tertiary/aromatic N) is 3. The molecule has 0 saturated carbocycles. The molecule has 2 N–H and O–H groups in total. The van der Waals surface area contributed by atoms with E-state index in [2.05, 4.69) is 46.4 Å². The number of hydrogen-bond donors (Lipinski definition) is 2. The lowest BCUT2D eigenvalue weighted by molar-refractivity contribution is -0.142. The second-order valence-electron chi connectivity index (χ2n) is 11.3. The number of rotatable bonds is 12. The highest BCUT2D eigenvalue weighted by Crippen LogP contribution is 2.38. The Hall–Kier alpha value is -4.13. The maximum atomic E-state index is 11.4. The monoisotopic (exact) mass is 555 g/mol. The number of ether oxygens (including phenoxy) is 1. The molecule has 0 fully saturated rings. The average Bonchev–Trinajstić information content (AvgIpc) is 3.36. The number of esters is 1. The van der Waals surface area contributed by atoms with Crippen molar-refractivity contribution in [3.63, 3.8) is 0 Å². The number of phenolic OH excluding ortho intramolecular Hbond substituents is 2. The zero-order valence-electron chi connectivity index (χ0n) is 24.7. The fraction of sp³-hybridized carbons (Fsp3) is 0.382. The number of fused-ring (bicyclic) bond motifs is 1. The van der Waals surface area contributed by atoms with Gasteiger partial charge in [-0.2, -0.15) is 15.0 Å². The molecule has 0 bridgehead atoms. The zero-order chi connectivity index (χ0) is 29.7. The number of hydrogen-bond acceptors (Lipinski definition) is 6. The summed E-state index contributed by atoms with van der Waals surface area (Å²) in [4.78, 5) is 13.2. The van der Waals surface area contributed by atoms with Crippen molar-refractivity contribution in [2.45, 2.75) is 84.8 Å². The highest BCUT2D eigenvalue weighted by Gasteiger charge is 2.18. The van der Waals surface area contributed by atoms with E-state index in [0.29, 0.717) is 18.0 Å². The molecule has 1 aromatic heterocycles. The molecule has 7 heteroatoms. The van der Waals surface area contributed by atoms with Crippen LogP contribution in [0.1, 0.15) is 83.3 Å². The van der Waals surface area contributed by atoms with Crippen molar-refractivity contribution in [1.29, 1.82) is 0 Å². The smallest absolute Gasteiger partial charge is 0.330 e. The molecule has 216 valence electrons. The summed E-state index contributed by atoms with van der Waals surface area (Å²) in [5, 5.41) is 30.7. The molecule has 41 heavy (non-hydrogen) atoms. The molecular formula is C34H41N3O4. The molecule has 0 radical (unpaired) electrons. The summed E-state index contributed by atoms with van der Waals surface area (Å²) in [7, 11) is 0. The van der Waals surface area contributed by atoms with E-state index in [-0.39, 0.29) is 23.9 Å². The Kier molecular flexibility index (Phi) is 9.48. The first-order valence-corrected chi connectivity index (χ1v) is 14.5. The highest BCUT2D eigenvalue weighted by molar-refractivity contribution is 6.00. The third-order valence-corrected chi connectivity index (χ3v) is 7.46. The van der Waals surface area contributed by atoms with Gasteiger partial charge in [0.1, 0.15) is 22.5 Å². The van der Waals surface area contributed by atoms with Gasteiger partial charge in [-0.15, -0.1) is 0 Å². The van der Waals surface area contributed by atoms with E-state index < -0.39 is 0 Å². The SMILES string of the molecule is C=CC(=O)OC(C)CCCCCn1nc2c(-c3ccc(O)c(C(C)C)c3)ccc(-c3ccc(O)c(C(C)C)c3)c2n1. The van der Waals surface area contributed by atoms with Crippen LogP contribution in [0.2, 0.25) is 0 Å². The van der Waals surface area contributed by atoms with E-state index in [0.717, 1.165) is 70.1 Å². The van der Waals surface area contributed by atoms with Crippen LogP contribution < -0.4 is 0 Å². The average molecular weight is 556 g/mol. The topological polar surface area (TPSA) is 97.5 Å². The standard InChI is InChI=1S/C34H41N3O4/c1-7-32(40)41-23(6)11-9-8-10-18-37-35-33-26(24-12-16-30(38)28(19-24)21(2)3)14-15-27(34(33)36-37)25-13-17-31(39)29(20-25)22(4)5/h7,12-17,19-23,38-39H,1,8-11,18H2,2-6H3. The molecule has 0 aliphatic carbocycles. The summed E-state index contributed by atoms with van der Waals surface area (Å²) in [5.74, 6) is 0.544. The number of aryl methyl sites for hydroxylation is 1. The summed E-state index contributed by atoms with van der Waals surface area (Å²) < 4.78 is 5.26. The molecular weight excluding hydrogens is 514 g/mol. The fourth-order valence-corrected chi connectivity index (χ4v) is 5.14. The van der Waals surface area contributed by atoms with Crippen molar-refractivity contribution in [3.8, 4) is 33.8 Å². The molecule has 3 aromatic carbocycles. The Balaban J connectivity index is 1.66. The van der Waals surface area contributed by atoms with Gasteiger partial charge in [0.05, 0.1) is 12.6 Å². The predicted octanol–water partition coefficient (Wildman–Crippen LogP) is 8.10. The van der Waals surface area contributed by atoms with Gasteiger partial charge < -0.3 is 14.9 Å². The van der Waals surface area contributed by atoms with Gasteiger partial charge in [-0.05, 0) is 84.5 Å². The third-order valence-electron chi connectivity index (χ3n) is 7.46. The van der Waals surface area contributed by atoms with Gasteiger partial charge >= 0.3 is 5.97 Å². The van der Waals surface area contributed by atoms with Gasteiger partial charge in [0, 0.05) is 17.2 Å². The van der Waals surface area contributed by atoms with Gasteiger partial charge in [-0.3, -0.25) is 0 Å². The van der Waals surface area contributed by atoms with Crippen LogP contribution in [0.3, 0.4) is 0 Å². The van der Waals surface area contributed by atoms with E-state index in [1.54, 1.807) is 16.9 Å². The maximum Gasteiger partial charge on any atom is 0.330 e. The maximum absolute atomic E-state index is 11.4. The molecule has 0 aliphatic heterocycles. The number of phenols is 2. The number of carbonyl (C=O) groups is 1. The van der Waals surface area contributed by atoms with Crippen molar-refractivity contribution in [2.24, 2.45) is 0 Å². The van der Waals surface area contributed by atoms with Crippen molar-refractivity contribution >= 4 is 17.0 Å². The van der Waals surface area contributed by atoms with E-state index in [1.807, 2.05) is 31.2 Å². The molecule has 0 saturated heterocycles. The number of aromatic hydroxyl groups is 2. The van der Waals surface area contributed by atoms with Gasteiger partial charge in [-0.1, -0.05) is 65.0 Å². The first-order valence-electron chi connectivity index (χ1n) is 14.5. The van der Waals surface area contributed by atoms with E-state index in [1.165, 1.54) is 6.08 Å². The quantitative estimate of drug-likeness (QED) is 0.104. The highest BCUT2D eigenvalue weighted by atomic mass is 16.5. The van der Waals surface area contributed by atoms with Crippen molar-refractivity contribution in [2.75, 3.05) is 0 Å². The molecule has 4 aromatic rings. The summed E-state index contributed by atoms with van der Waals surface area (Å²) in [6.07, 6.45) is 4.62. The third kappa shape index (κ3) is 6.96. The first-order chi connectivity index (χ1) is 19.6. The van der Waals surface area contributed by atoms with Crippen molar-refractivity contribution in [1.82, 2.24) is 15.0 Å². The largest absolute Gasteiger partial charge is 0.508 e. The Morgan fingerprint density at radius 2 is 1.34 bits per heavy atom. The molecule has 0 aliphatic rings. The fourth-order valence-electron chi connectivity index (χ4n) is 5.14. The van der Waals surface area contributed by atoms with Crippen molar-refractivity contribution < 1.29 is 19.7 Å². The van der Waals surface area contributed by atoms with Crippen LogP contribution in [0, 0.1) is 0 Å². The summed E-state index contributed by atoms with van der Waals surface area (Å²) in [6.45, 7) is 14.3.